The molecule has 1 aromatic rings. The van der Waals surface area contributed by atoms with Crippen molar-refractivity contribution in [3.8, 4) is 5.75 Å². The third kappa shape index (κ3) is 2.06. The van der Waals surface area contributed by atoms with E-state index in [1.165, 1.54) is 0 Å². The Kier molecular flexibility index (Phi) is 3.35. The fourth-order valence-corrected chi connectivity index (χ4v) is 3.08. The van der Waals surface area contributed by atoms with Crippen LogP contribution in [0.5, 0.6) is 5.75 Å². The number of halogens is 2. The van der Waals surface area contributed by atoms with E-state index in [0.717, 1.165) is 20.3 Å². The maximum atomic E-state index is 5.75. The summed E-state index contributed by atoms with van der Waals surface area (Å²) in [5.74, 6) is 0.889. The van der Waals surface area contributed by atoms with Crippen molar-refractivity contribution in [2.24, 2.45) is 0 Å². The molecule has 0 saturated carbocycles. The zero-order valence-corrected chi connectivity index (χ0v) is 11.6. The molecule has 2 unspecified atom stereocenters. The molecule has 5 heteroatoms. The van der Waals surface area contributed by atoms with E-state index in [1.807, 2.05) is 19.1 Å². The Bertz CT molecular complexity index is 384. The molecule has 82 valence electrons. The summed E-state index contributed by atoms with van der Waals surface area (Å²) in [6, 6.07) is 4.08. The van der Waals surface area contributed by atoms with Crippen LogP contribution in [0.15, 0.2) is 21.1 Å². The van der Waals surface area contributed by atoms with Gasteiger partial charge in [0.25, 0.3) is 0 Å². The molecule has 1 aliphatic heterocycles. The lowest BCUT2D eigenvalue weighted by atomic mass is 10.1. The van der Waals surface area contributed by atoms with Gasteiger partial charge in [-0.1, -0.05) is 15.9 Å². The lowest BCUT2D eigenvalue weighted by Gasteiger charge is -2.14. The molecule has 1 aliphatic rings. The van der Waals surface area contributed by atoms with Gasteiger partial charge in [-0.05, 0) is 35.0 Å². The molecule has 0 fully saturated rings. The van der Waals surface area contributed by atoms with Crippen LogP contribution in [0.4, 0.5) is 0 Å². The number of hydrogen-bond acceptors (Lipinski definition) is 3. The minimum atomic E-state index is 0.0607. The highest BCUT2D eigenvalue weighted by Crippen LogP contribution is 2.43. The molecule has 0 aromatic heterocycles. The van der Waals surface area contributed by atoms with E-state index in [1.54, 1.807) is 7.11 Å². The second kappa shape index (κ2) is 4.41. The van der Waals surface area contributed by atoms with Gasteiger partial charge in [0.2, 0.25) is 0 Å². The van der Waals surface area contributed by atoms with Crippen LogP contribution in [0.1, 0.15) is 18.5 Å². The van der Waals surface area contributed by atoms with Crippen LogP contribution < -0.4 is 10.2 Å². The van der Waals surface area contributed by atoms with Crippen molar-refractivity contribution >= 4 is 31.9 Å². The number of fused-ring (bicyclic) bond motifs is 1. The zero-order chi connectivity index (χ0) is 11.0. The van der Waals surface area contributed by atoms with E-state index in [2.05, 4.69) is 37.3 Å². The Labute approximate surface area is 105 Å². The lowest BCUT2D eigenvalue weighted by Crippen LogP contribution is -2.27. The number of benzene rings is 1. The van der Waals surface area contributed by atoms with Crippen molar-refractivity contribution < 1.29 is 9.57 Å². The summed E-state index contributed by atoms with van der Waals surface area (Å²) in [4.78, 5) is 4.97. The molecule has 0 amide bonds. The van der Waals surface area contributed by atoms with Crippen molar-refractivity contribution in [3.63, 3.8) is 0 Å². The van der Waals surface area contributed by atoms with Gasteiger partial charge >= 0.3 is 0 Å². The average Bonchev–Trinajstić information content (AvgIpc) is 2.46. The van der Waals surface area contributed by atoms with Crippen molar-refractivity contribution in [1.82, 2.24) is 5.48 Å². The number of rotatable bonds is 2. The van der Waals surface area contributed by atoms with Gasteiger partial charge in [0.15, 0.2) is 0 Å². The van der Waals surface area contributed by atoms with Gasteiger partial charge in [0, 0.05) is 10.0 Å². The first-order chi connectivity index (χ1) is 7.13. The van der Waals surface area contributed by atoms with Crippen molar-refractivity contribution in [2.45, 2.75) is 19.1 Å². The van der Waals surface area contributed by atoms with Crippen LogP contribution >= 0.6 is 31.9 Å². The molecule has 0 radical (unpaired) electrons. The minimum Gasteiger partial charge on any atom is -0.487 e. The molecule has 0 aliphatic carbocycles. The van der Waals surface area contributed by atoms with Gasteiger partial charge in [-0.2, -0.15) is 5.48 Å². The number of nitrogens with one attached hydrogen (secondary N) is 1. The SMILES string of the molecule is CONC1c2cc(Br)cc(Br)c2OC1C. The van der Waals surface area contributed by atoms with E-state index in [4.69, 9.17) is 9.57 Å². The topological polar surface area (TPSA) is 30.5 Å². The van der Waals surface area contributed by atoms with Crippen LogP contribution in [0.2, 0.25) is 0 Å². The summed E-state index contributed by atoms with van der Waals surface area (Å²) in [6.45, 7) is 2.01. The third-order valence-corrected chi connectivity index (χ3v) is 3.44. The van der Waals surface area contributed by atoms with Crippen LogP contribution in [0.3, 0.4) is 0 Å². The van der Waals surface area contributed by atoms with Crippen LogP contribution in [0, 0.1) is 0 Å². The number of ether oxygens (including phenoxy) is 1. The Morgan fingerprint density at radius 3 is 2.80 bits per heavy atom. The fraction of sp³-hybridized carbons (Fsp3) is 0.400. The number of hydroxylamine groups is 1. The smallest absolute Gasteiger partial charge is 0.139 e. The molecule has 15 heavy (non-hydrogen) atoms. The molecule has 2 atom stereocenters. The highest BCUT2D eigenvalue weighted by atomic mass is 79.9. The van der Waals surface area contributed by atoms with Gasteiger partial charge in [-0.3, -0.25) is 0 Å². The molecule has 1 aromatic carbocycles. The van der Waals surface area contributed by atoms with Gasteiger partial charge in [-0.25, -0.2) is 0 Å². The maximum Gasteiger partial charge on any atom is 0.139 e. The predicted molar refractivity (Wildman–Crippen MR) is 64.8 cm³/mol. The summed E-state index contributed by atoms with van der Waals surface area (Å²) in [7, 11) is 1.61. The first-order valence-electron chi connectivity index (χ1n) is 4.57. The Balaban J connectivity index is 2.43. The van der Waals surface area contributed by atoms with E-state index in [-0.39, 0.29) is 12.1 Å². The third-order valence-electron chi connectivity index (χ3n) is 2.39. The quantitative estimate of drug-likeness (QED) is 0.841. The molecule has 1 heterocycles. The summed E-state index contributed by atoms with van der Waals surface area (Å²) in [6.07, 6.45) is 0.0607. The molecule has 2 rings (SSSR count). The summed E-state index contributed by atoms with van der Waals surface area (Å²) in [5, 5.41) is 0. The highest BCUT2D eigenvalue weighted by molar-refractivity contribution is 9.11. The largest absolute Gasteiger partial charge is 0.487 e. The zero-order valence-electron chi connectivity index (χ0n) is 8.38. The van der Waals surface area contributed by atoms with E-state index < -0.39 is 0 Å². The van der Waals surface area contributed by atoms with Crippen molar-refractivity contribution in [1.29, 1.82) is 0 Å². The molecule has 0 bridgehead atoms. The molecule has 0 saturated heterocycles. The normalized spacial score (nSPS) is 23.7. The van der Waals surface area contributed by atoms with E-state index in [0.29, 0.717) is 0 Å². The summed E-state index contributed by atoms with van der Waals surface area (Å²) in [5.41, 5.74) is 4.04. The van der Waals surface area contributed by atoms with E-state index >= 15 is 0 Å². The lowest BCUT2D eigenvalue weighted by molar-refractivity contribution is 0.0338. The van der Waals surface area contributed by atoms with Crippen molar-refractivity contribution in [3.05, 3.63) is 26.6 Å². The second-order valence-electron chi connectivity index (χ2n) is 3.43. The van der Waals surface area contributed by atoms with Gasteiger partial charge in [0.05, 0.1) is 17.6 Å². The van der Waals surface area contributed by atoms with Crippen LogP contribution in [-0.4, -0.2) is 13.2 Å². The number of hydrogen-bond donors (Lipinski definition) is 1. The predicted octanol–water partition coefficient (Wildman–Crippen LogP) is 3.18. The highest BCUT2D eigenvalue weighted by Gasteiger charge is 2.33. The first-order valence-corrected chi connectivity index (χ1v) is 6.16. The minimum absolute atomic E-state index is 0.0607. The molecular weight excluding hydrogens is 326 g/mol. The first kappa shape index (κ1) is 11.4. The second-order valence-corrected chi connectivity index (χ2v) is 5.20. The molecule has 0 spiro atoms. The molecular formula is C10H11Br2NO2. The van der Waals surface area contributed by atoms with Crippen LogP contribution in [0.25, 0.3) is 0 Å². The van der Waals surface area contributed by atoms with Crippen molar-refractivity contribution in [2.75, 3.05) is 7.11 Å². The van der Waals surface area contributed by atoms with Crippen LogP contribution in [-0.2, 0) is 4.84 Å². The molecule has 1 N–H and O–H groups in total. The fourth-order valence-electron chi connectivity index (χ4n) is 1.73. The Morgan fingerprint density at radius 1 is 1.40 bits per heavy atom. The maximum absolute atomic E-state index is 5.75. The summed E-state index contributed by atoms with van der Waals surface area (Å²) < 4.78 is 7.73. The standard InChI is InChI=1S/C10H11Br2NO2/c1-5-9(13-14-2)7-3-6(11)4-8(12)10(7)15-5/h3-5,9,13H,1-2H3. The molecule has 3 nitrogen and oxygen atoms in total. The Hall–Kier alpha value is -0.100. The van der Waals surface area contributed by atoms with Gasteiger partial charge in [-0.15, -0.1) is 0 Å². The monoisotopic (exact) mass is 335 g/mol. The summed E-state index contributed by atoms with van der Waals surface area (Å²) >= 11 is 6.94. The van der Waals surface area contributed by atoms with Gasteiger partial charge < -0.3 is 9.57 Å². The van der Waals surface area contributed by atoms with E-state index in [9.17, 15) is 0 Å². The Morgan fingerprint density at radius 2 is 2.13 bits per heavy atom. The average molecular weight is 337 g/mol. The van der Waals surface area contributed by atoms with Gasteiger partial charge in [0.1, 0.15) is 11.9 Å².